The van der Waals surface area contributed by atoms with Crippen molar-refractivity contribution in [2.45, 2.75) is 26.2 Å². The largest absolute Gasteiger partial charge is 0.0622 e. The lowest BCUT2D eigenvalue weighted by Crippen LogP contribution is -2.10. The highest BCUT2D eigenvalue weighted by molar-refractivity contribution is 9.10. The highest BCUT2D eigenvalue weighted by Gasteiger charge is 2.14. The molecule has 2 aromatic rings. The lowest BCUT2D eigenvalue weighted by molar-refractivity contribution is 0.590. The Bertz CT molecular complexity index is 622. The van der Waals surface area contributed by atoms with Gasteiger partial charge in [0, 0.05) is 15.6 Å². The minimum absolute atomic E-state index is 0.161. The molecule has 0 nitrogen and oxygen atoms in total. The highest BCUT2D eigenvalue weighted by Crippen LogP contribution is 2.27. The van der Waals surface area contributed by atoms with Crippen LogP contribution in [-0.2, 0) is 5.41 Å². The van der Waals surface area contributed by atoms with Crippen LogP contribution >= 0.6 is 15.9 Å². The summed E-state index contributed by atoms with van der Waals surface area (Å²) in [5.74, 6) is 6.39. The number of halogens is 1. The normalized spacial score (nSPS) is 10.7. The van der Waals surface area contributed by atoms with Gasteiger partial charge in [0.25, 0.3) is 0 Å². The van der Waals surface area contributed by atoms with Crippen molar-refractivity contribution in [3.63, 3.8) is 0 Å². The van der Waals surface area contributed by atoms with Crippen molar-refractivity contribution in [3.05, 3.63) is 69.7 Å². The van der Waals surface area contributed by atoms with E-state index in [0.29, 0.717) is 0 Å². The van der Waals surface area contributed by atoms with Gasteiger partial charge in [-0.05, 0) is 51.2 Å². The molecule has 0 fully saturated rings. The average molecular weight is 313 g/mol. The van der Waals surface area contributed by atoms with E-state index in [-0.39, 0.29) is 5.41 Å². The Morgan fingerprint density at radius 3 is 2.16 bits per heavy atom. The van der Waals surface area contributed by atoms with Gasteiger partial charge in [0.15, 0.2) is 0 Å². The third-order valence-corrected chi connectivity index (χ3v) is 3.61. The molecule has 0 unspecified atom stereocenters. The van der Waals surface area contributed by atoms with Crippen LogP contribution in [0.2, 0.25) is 0 Å². The molecule has 2 rings (SSSR count). The third kappa shape index (κ3) is 3.72. The number of hydrogen-bond donors (Lipinski definition) is 0. The first-order chi connectivity index (χ1) is 8.97. The molecule has 19 heavy (non-hydrogen) atoms. The highest BCUT2D eigenvalue weighted by atomic mass is 79.9. The van der Waals surface area contributed by atoms with Crippen molar-refractivity contribution in [1.29, 1.82) is 0 Å². The molecule has 0 N–H and O–H groups in total. The Balaban J connectivity index is 2.31. The Kier molecular flexibility index (Phi) is 4.12. The van der Waals surface area contributed by atoms with E-state index in [1.165, 1.54) is 5.56 Å². The van der Waals surface area contributed by atoms with E-state index in [0.717, 1.165) is 15.6 Å². The maximum Gasteiger partial charge on any atom is 0.0391 e. The molecule has 0 amide bonds. The van der Waals surface area contributed by atoms with E-state index in [4.69, 9.17) is 0 Å². The summed E-state index contributed by atoms with van der Waals surface area (Å²) < 4.78 is 1.06. The summed E-state index contributed by atoms with van der Waals surface area (Å²) in [6.45, 7) is 6.64. The SMILES string of the molecule is CC(C)(C)c1ccc(C#Cc2ccccc2)c(Br)c1. The summed E-state index contributed by atoms with van der Waals surface area (Å²) in [4.78, 5) is 0. The molecule has 0 aliphatic carbocycles. The van der Waals surface area contributed by atoms with Crippen LogP contribution < -0.4 is 0 Å². The Labute approximate surface area is 124 Å². The molecule has 0 aromatic heterocycles. The summed E-state index contributed by atoms with van der Waals surface area (Å²) in [5.41, 5.74) is 3.53. The zero-order valence-electron chi connectivity index (χ0n) is 11.5. The first kappa shape index (κ1) is 13.9. The zero-order chi connectivity index (χ0) is 13.9. The lowest BCUT2D eigenvalue weighted by Gasteiger charge is -2.19. The number of rotatable bonds is 0. The minimum Gasteiger partial charge on any atom is -0.0622 e. The van der Waals surface area contributed by atoms with Gasteiger partial charge in [0.2, 0.25) is 0 Å². The standard InChI is InChI=1S/C18H17Br/c1-18(2,3)16-12-11-15(17(19)13-16)10-9-14-7-5-4-6-8-14/h4-8,11-13H,1-3H3. The van der Waals surface area contributed by atoms with E-state index >= 15 is 0 Å². The molecular formula is C18H17Br. The van der Waals surface area contributed by atoms with Crippen molar-refractivity contribution in [1.82, 2.24) is 0 Å². The fourth-order valence-electron chi connectivity index (χ4n) is 1.74. The summed E-state index contributed by atoms with van der Waals surface area (Å²) in [7, 11) is 0. The summed E-state index contributed by atoms with van der Waals surface area (Å²) in [5, 5.41) is 0. The maximum absolute atomic E-state index is 3.61. The molecule has 0 aliphatic heterocycles. The van der Waals surface area contributed by atoms with Gasteiger partial charge in [0.1, 0.15) is 0 Å². The van der Waals surface area contributed by atoms with Crippen molar-refractivity contribution in [3.8, 4) is 11.8 Å². The van der Waals surface area contributed by atoms with E-state index < -0.39 is 0 Å². The second-order valence-electron chi connectivity index (χ2n) is 5.56. The quantitative estimate of drug-likeness (QED) is 0.590. The average Bonchev–Trinajstić information content (AvgIpc) is 2.37. The second-order valence-corrected chi connectivity index (χ2v) is 6.41. The molecule has 0 spiro atoms. The van der Waals surface area contributed by atoms with Gasteiger partial charge < -0.3 is 0 Å². The molecule has 0 atom stereocenters. The van der Waals surface area contributed by atoms with Crippen LogP contribution in [0.15, 0.2) is 53.0 Å². The topological polar surface area (TPSA) is 0 Å². The molecule has 0 radical (unpaired) electrons. The van der Waals surface area contributed by atoms with Crippen LogP contribution in [0.3, 0.4) is 0 Å². The zero-order valence-corrected chi connectivity index (χ0v) is 13.1. The fourth-order valence-corrected chi connectivity index (χ4v) is 2.22. The Morgan fingerprint density at radius 1 is 0.895 bits per heavy atom. The van der Waals surface area contributed by atoms with Gasteiger partial charge in [-0.25, -0.2) is 0 Å². The summed E-state index contributed by atoms with van der Waals surface area (Å²) in [6.07, 6.45) is 0. The Hall–Kier alpha value is -1.52. The maximum atomic E-state index is 3.61. The lowest BCUT2D eigenvalue weighted by atomic mass is 9.87. The Morgan fingerprint density at radius 2 is 1.58 bits per heavy atom. The molecular weight excluding hydrogens is 296 g/mol. The molecule has 0 bridgehead atoms. The molecule has 0 saturated heterocycles. The monoisotopic (exact) mass is 312 g/mol. The van der Waals surface area contributed by atoms with E-state index in [9.17, 15) is 0 Å². The van der Waals surface area contributed by atoms with E-state index in [1.807, 2.05) is 30.3 Å². The molecule has 0 saturated carbocycles. The van der Waals surface area contributed by atoms with Gasteiger partial charge >= 0.3 is 0 Å². The first-order valence-electron chi connectivity index (χ1n) is 6.34. The van der Waals surface area contributed by atoms with Crippen molar-refractivity contribution < 1.29 is 0 Å². The second kappa shape index (κ2) is 5.63. The predicted octanol–water partition coefficient (Wildman–Crippen LogP) is 5.15. The molecule has 96 valence electrons. The van der Waals surface area contributed by atoms with Crippen LogP contribution in [0, 0.1) is 11.8 Å². The molecule has 2 aromatic carbocycles. The summed E-state index contributed by atoms with van der Waals surface area (Å²) in [6, 6.07) is 16.4. The predicted molar refractivity (Wildman–Crippen MR) is 85.3 cm³/mol. The van der Waals surface area contributed by atoms with Crippen molar-refractivity contribution in [2.75, 3.05) is 0 Å². The summed E-state index contributed by atoms with van der Waals surface area (Å²) >= 11 is 3.61. The fraction of sp³-hybridized carbons (Fsp3) is 0.222. The van der Waals surface area contributed by atoms with Crippen molar-refractivity contribution in [2.24, 2.45) is 0 Å². The van der Waals surface area contributed by atoms with Gasteiger partial charge in [-0.15, -0.1) is 0 Å². The van der Waals surface area contributed by atoms with Crippen LogP contribution in [0.4, 0.5) is 0 Å². The van der Waals surface area contributed by atoms with Crippen molar-refractivity contribution >= 4 is 15.9 Å². The number of hydrogen-bond acceptors (Lipinski definition) is 0. The van der Waals surface area contributed by atoms with Crippen LogP contribution in [0.1, 0.15) is 37.5 Å². The third-order valence-electron chi connectivity index (χ3n) is 2.95. The van der Waals surface area contributed by atoms with Crippen LogP contribution in [0.5, 0.6) is 0 Å². The molecule has 0 aliphatic rings. The molecule has 0 heterocycles. The van der Waals surface area contributed by atoms with Gasteiger partial charge in [0.05, 0.1) is 0 Å². The van der Waals surface area contributed by atoms with Gasteiger partial charge in [-0.1, -0.05) is 56.9 Å². The van der Waals surface area contributed by atoms with Gasteiger partial charge in [-0.3, -0.25) is 0 Å². The van der Waals surface area contributed by atoms with Crippen LogP contribution in [-0.4, -0.2) is 0 Å². The van der Waals surface area contributed by atoms with Crippen LogP contribution in [0.25, 0.3) is 0 Å². The van der Waals surface area contributed by atoms with E-state index in [1.54, 1.807) is 0 Å². The minimum atomic E-state index is 0.161. The number of benzene rings is 2. The molecule has 1 heteroatoms. The van der Waals surface area contributed by atoms with Gasteiger partial charge in [-0.2, -0.15) is 0 Å². The first-order valence-corrected chi connectivity index (χ1v) is 7.13. The van der Waals surface area contributed by atoms with E-state index in [2.05, 4.69) is 66.7 Å². The smallest absolute Gasteiger partial charge is 0.0391 e.